The van der Waals surface area contributed by atoms with Gasteiger partial charge in [-0.25, -0.2) is 12.8 Å². The number of carbonyl (C=O) groups is 1. The highest BCUT2D eigenvalue weighted by Crippen LogP contribution is 2.28. The molecule has 2 unspecified atom stereocenters. The molecule has 0 saturated heterocycles. The zero-order valence-corrected chi connectivity index (χ0v) is 15.7. The van der Waals surface area contributed by atoms with E-state index in [1.807, 2.05) is 0 Å². The zero-order valence-electron chi connectivity index (χ0n) is 14.9. The van der Waals surface area contributed by atoms with E-state index in [0.717, 1.165) is 11.1 Å². The van der Waals surface area contributed by atoms with E-state index in [2.05, 4.69) is 4.98 Å². The molecule has 10 heteroatoms. The summed E-state index contributed by atoms with van der Waals surface area (Å²) in [6.07, 6.45) is -3.23. The number of hydrogen-bond donors (Lipinski definition) is 2. The van der Waals surface area contributed by atoms with Crippen LogP contribution in [-0.2, 0) is 14.6 Å². The van der Waals surface area contributed by atoms with Gasteiger partial charge in [0.15, 0.2) is 9.84 Å². The van der Waals surface area contributed by atoms with Crippen LogP contribution in [0.4, 0.5) is 13.2 Å². The number of sulfone groups is 1. The molecule has 154 valence electrons. The minimum absolute atomic E-state index is 0.0379. The SMILES string of the molecule is O=C(NC(CF)C(O)c1ccc(-c2ccc(C3=CS(=O)(=O)C3)nc2)cc1)C(F)F. The Morgan fingerprint density at radius 2 is 1.76 bits per heavy atom. The second-order valence-corrected chi connectivity index (χ2v) is 8.37. The van der Waals surface area contributed by atoms with Gasteiger partial charge in [0.2, 0.25) is 0 Å². The fourth-order valence-corrected chi connectivity index (χ4v) is 3.94. The van der Waals surface area contributed by atoms with Gasteiger partial charge in [0.05, 0.1) is 17.5 Å². The highest BCUT2D eigenvalue weighted by Gasteiger charge is 2.27. The third-order valence-electron chi connectivity index (χ3n) is 4.43. The van der Waals surface area contributed by atoms with Gasteiger partial charge in [-0.05, 0) is 17.2 Å². The van der Waals surface area contributed by atoms with Crippen LogP contribution in [0, 0.1) is 0 Å². The monoisotopic (exact) mass is 426 g/mol. The number of amides is 1. The normalized spacial score (nSPS) is 17.2. The van der Waals surface area contributed by atoms with Crippen LogP contribution < -0.4 is 5.32 Å². The molecule has 3 rings (SSSR count). The van der Waals surface area contributed by atoms with Crippen LogP contribution in [0.2, 0.25) is 0 Å². The number of nitrogens with one attached hydrogen (secondary N) is 1. The Morgan fingerprint density at radius 3 is 2.24 bits per heavy atom. The summed E-state index contributed by atoms with van der Waals surface area (Å²) >= 11 is 0. The predicted molar refractivity (Wildman–Crippen MR) is 100 cm³/mol. The van der Waals surface area contributed by atoms with Crippen LogP contribution in [-0.4, -0.2) is 49.3 Å². The number of aliphatic hydroxyl groups is 1. The Balaban J connectivity index is 1.72. The molecular weight excluding hydrogens is 409 g/mol. The summed E-state index contributed by atoms with van der Waals surface area (Å²) in [6, 6.07) is 8.21. The quantitative estimate of drug-likeness (QED) is 0.708. The Bertz CT molecular complexity index is 1020. The van der Waals surface area contributed by atoms with Crippen molar-refractivity contribution in [3.63, 3.8) is 0 Å². The molecule has 0 radical (unpaired) electrons. The van der Waals surface area contributed by atoms with Gasteiger partial charge in [-0.3, -0.25) is 9.78 Å². The molecule has 0 fully saturated rings. The fraction of sp³-hybridized carbons (Fsp3) is 0.263. The van der Waals surface area contributed by atoms with Gasteiger partial charge in [0.25, 0.3) is 5.91 Å². The number of aromatic nitrogens is 1. The minimum atomic E-state index is -3.30. The number of aliphatic hydroxyl groups excluding tert-OH is 1. The summed E-state index contributed by atoms with van der Waals surface area (Å²) in [5.74, 6) is -1.69. The van der Waals surface area contributed by atoms with Gasteiger partial charge in [0.1, 0.15) is 12.8 Å². The fourth-order valence-electron chi connectivity index (χ4n) is 2.85. The summed E-state index contributed by atoms with van der Waals surface area (Å²) in [7, 11) is -3.10. The van der Waals surface area contributed by atoms with E-state index in [0.29, 0.717) is 11.3 Å². The maximum absolute atomic E-state index is 13.1. The van der Waals surface area contributed by atoms with Gasteiger partial charge >= 0.3 is 6.43 Å². The molecular formula is C19H17F3N2O4S. The largest absolute Gasteiger partial charge is 0.386 e. The third kappa shape index (κ3) is 4.83. The minimum Gasteiger partial charge on any atom is -0.386 e. The molecule has 1 aliphatic heterocycles. The van der Waals surface area contributed by atoms with Gasteiger partial charge < -0.3 is 10.4 Å². The highest BCUT2D eigenvalue weighted by molar-refractivity contribution is 7.96. The Labute approximate surface area is 165 Å². The molecule has 0 aliphatic carbocycles. The topological polar surface area (TPSA) is 96.4 Å². The average Bonchev–Trinajstić information content (AvgIpc) is 2.69. The molecule has 0 saturated carbocycles. The molecule has 2 N–H and O–H groups in total. The first-order chi connectivity index (χ1) is 13.7. The van der Waals surface area contributed by atoms with Crippen molar-refractivity contribution < 1.29 is 31.5 Å². The van der Waals surface area contributed by atoms with E-state index in [4.69, 9.17) is 0 Å². The second-order valence-electron chi connectivity index (χ2n) is 6.52. The van der Waals surface area contributed by atoms with Gasteiger partial charge in [-0.1, -0.05) is 30.3 Å². The van der Waals surface area contributed by atoms with Crippen LogP contribution in [0.1, 0.15) is 17.4 Å². The van der Waals surface area contributed by atoms with Crippen molar-refractivity contribution >= 4 is 21.3 Å². The Morgan fingerprint density at radius 1 is 1.14 bits per heavy atom. The van der Waals surface area contributed by atoms with E-state index in [1.54, 1.807) is 35.8 Å². The van der Waals surface area contributed by atoms with E-state index in [-0.39, 0.29) is 11.3 Å². The van der Waals surface area contributed by atoms with Crippen LogP contribution in [0.5, 0.6) is 0 Å². The molecule has 1 aliphatic rings. The van der Waals surface area contributed by atoms with Crippen LogP contribution >= 0.6 is 0 Å². The third-order valence-corrected chi connectivity index (χ3v) is 5.79. The van der Waals surface area contributed by atoms with E-state index in [1.165, 1.54) is 17.5 Å². The van der Waals surface area contributed by atoms with Crippen molar-refractivity contribution in [3.8, 4) is 11.1 Å². The second kappa shape index (κ2) is 8.34. The lowest BCUT2D eigenvalue weighted by atomic mass is 9.99. The van der Waals surface area contributed by atoms with Crippen molar-refractivity contribution in [1.82, 2.24) is 10.3 Å². The predicted octanol–water partition coefficient (Wildman–Crippen LogP) is 2.27. The van der Waals surface area contributed by atoms with Gasteiger partial charge in [-0.2, -0.15) is 8.78 Å². The molecule has 29 heavy (non-hydrogen) atoms. The van der Waals surface area contributed by atoms with E-state index in [9.17, 15) is 31.5 Å². The molecule has 6 nitrogen and oxygen atoms in total. The van der Waals surface area contributed by atoms with Gasteiger partial charge in [-0.15, -0.1) is 0 Å². The maximum atomic E-state index is 13.1. The van der Waals surface area contributed by atoms with Crippen LogP contribution in [0.3, 0.4) is 0 Å². The molecule has 0 bridgehead atoms. The number of rotatable bonds is 7. The molecule has 1 aromatic carbocycles. The van der Waals surface area contributed by atoms with Crippen molar-refractivity contribution in [2.45, 2.75) is 18.6 Å². The number of pyridine rings is 1. The zero-order chi connectivity index (χ0) is 21.2. The summed E-state index contributed by atoms with van der Waals surface area (Å²) in [4.78, 5) is 15.3. The molecule has 2 aromatic rings. The number of nitrogens with zero attached hydrogens (tertiary/aromatic N) is 1. The summed E-state index contributed by atoms with van der Waals surface area (Å²) < 4.78 is 60.1. The van der Waals surface area contributed by atoms with E-state index >= 15 is 0 Å². The molecule has 0 spiro atoms. The molecule has 1 amide bonds. The number of benzene rings is 1. The van der Waals surface area contributed by atoms with Crippen LogP contribution in [0.15, 0.2) is 48.0 Å². The Kier molecular flexibility index (Phi) is 6.04. The first-order valence-corrected chi connectivity index (χ1v) is 10.2. The summed E-state index contributed by atoms with van der Waals surface area (Å²) in [6.45, 7) is -1.21. The number of halogens is 3. The number of carbonyl (C=O) groups excluding carboxylic acids is 1. The maximum Gasteiger partial charge on any atom is 0.315 e. The van der Waals surface area contributed by atoms with Gasteiger partial charge in [0, 0.05) is 22.7 Å². The van der Waals surface area contributed by atoms with E-state index < -0.39 is 41.0 Å². The first-order valence-electron chi connectivity index (χ1n) is 8.53. The summed E-state index contributed by atoms with van der Waals surface area (Å²) in [5.41, 5.74) is 2.91. The standard InChI is InChI=1S/C19H17F3N2O4S/c20-7-16(24-19(26)18(21)22)17(25)12-3-1-11(2-4-12)13-5-6-15(23-8-13)14-9-29(27,28)10-14/h1-6,8-9,16-18,25H,7,10H2,(H,24,26). The first kappa shape index (κ1) is 21.0. The number of hydrogen-bond acceptors (Lipinski definition) is 5. The number of alkyl halides is 3. The van der Waals surface area contributed by atoms with Crippen molar-refractivity contribution in [2.24, 2.45) is 0 Å². The van der Waals surface area contributed by atoms with Crippen molar-refractivity contribution in [1.29, 1.82) is 0 Å². The lowest BCUT2D eigenvalue weighted by molar-refractivity contribution is -0.133. The average molecular weight is 426 g/mol. The lowest BCUT2D eigenvalue weighted by Crippen LogP contribution is -2.43. The molecule has 2 heterocycles. The molecule has 1 aromatic heterocycles. The van der Waals surface area contributed by atoms with Crippen molar-refractivity contribution in [2.75, 3.05) is 12.4 Å². The van der Waals surface area contributed by atoms with Crippen LogP contribution in [0.25, 0.3) is 16.7 Å². The smallest absolute Gasteiger partial charge is 0.315 e. The van der Waals surface area contributed by atoms with Crippen molar-refractivity contribution in [3.05, 3.63) is 59.3 Å². The molecule has 2 atom stereocenters. The summed E-state index contributed by atoms with van der Waals surface area (Å²) in [5, 5.41) is 13.1. The Hall–Kier alpha value is -2.72. The highest BCUT2D eigenvalue weighted by atomic mass is 32.2. The lowest BCUT2D eigenvalue weighted by Gasteiger charge is -2.22.